The van der Waals surface area contributed by atoms with Gasteiger partial charge in [0.1, 0.15) is 17.3 Å². The van der Waals surface area contributed by atoms with Crippen molar-refractivity contribution in [2.45, 2.75) is 6.61 Å². The van der Waals surface area contributed by atoms with E-state index in [9.17, 15) is 4.79 Å². The molecule has 1 aromatic heterocycles. The summed E-state index contributed by atoms with van der Waals surface area (Å²) in [6.07, 6.45) is 2.95. The molecule has 0 saturated carbocycles. The Morgan fingerprint density at radius 2 is 2.04 bits per heavy atom. The summed E-state index contributed by atoms with van der Waals surface area (Å²) in [5.74, 6) is 1.22. The second-order valence-electron chi connectivity index (χ2n) is 5.48. The number of aromatic amines is 1. The van der Waals surface area contributed by atoms with Gasteiger partial charge in [0.25, 0.3) is 5.56 Å². The zero-order valence-electron chi connectivity index (χ0n) is 14.5. The molecule has 3 aromatic rings. The standard InChI is InChI=1S/C19H17ClN4O3/c1-26-16-8-7-14(9-17(16)27-12-13-5-3-2-4-6-13)10-21-23-15-11-22-24-19(25)18(15)20/h2-11H,12H2,1H3,(H2,23,24,25)/b21-10-. The lowest BCUT2D eigenvalue weighted by atomic mass is 10.2. The maximum Gasteiger partial charge on any atom is 0.285 e. The molecular weight excluding hydrogens is 368 g/mol. The number of ether oxygens (including phenoxy) is 2. The largest absolute Gasteiger partial charge is 0.493 e. The molecule has 0 radical (unpaired) electrons. The maximum atomic E-state index is 11.4. The van der Waals surface area contributed by atoms with Gasteiger partial charge in [-0.2, -0.15) is 10.2 Å². The number of methoxy groups -OCH3 is 1. The van der Waals surface area contributed by atoms with Crippen molar-refractivity contribution >= 4 is 23.5 Å². The van der Waals surface area contributed by atoms with Gasteiger partial charge in [-0.05, 0) is 29.3 Å². The van der Waals surface area contributed by atoms with Gasteiger partial charge in [0, 0.05) is 0 Å². The van der Waals surface area contributed by atoms with Crippen LogP contribution in [0.3, 0.4) is 0 Å². The third kappa shape index (κ3) is 4.86. The van der Waals surface area contributed by atoms with E-state index in [2.05, 4.69) is 20.7 Å². The zero-order chi connectivity index (χ0) is 19.1. The number of rotatable bonds is 7. The molecule has 138 valence electrons. The first-order chi connectivity index (χ1) is 13.2. The van der Waals surface area contributed by atoms with Gasteiger partial charge < -0.3 is 9.47 Å². The SMILES string of the molecule is COc1ccc(/C=N\Nc2cn[nH]c(=O)c2Cl)cc1OCc1ccccc1. The molecule has 0 aliphatic rings. The topological polar surface area (TPSA) is 88.6 Å². The quantitative estimate of drug-likeness (QED) is 0.481. The normalized spacial score (nSPS) is 10.7. The van der Waals surface area contributed by atoms with Gasteiger partial charge in [-0.1, -0.05) is 41.9 Å². The van der Waals surface area contributed by atoms with Crippen molar-refractivity contribution in [1.82, 2.24) is 10.2 Å². The van der Waals surface area contributed by atoms with E-state index >= 15 is 0 Å². The average Bonchev–Trinajstić information content (AvgIpc) is 2.70. The van der Waals surface area contributed by atoms with Crippen LogP contribution >= 0.6 is 11.6 Å². The second-order valence-corrected chi connectivity index (χ2v) is 5.86. The third-order valence-electron chi connectivity index (χ3n) is 3.62. The van der Waals surface area contributed by atoms with Gasteiger partial charge >= 0.3 is 0 Å². The van der Waals surface area contributed by atoms with E-state index < -0.39 is 5.56 Å². The number of benzene rings is 2. The molecule has 3 rings (SSSR count). The first kappa shape index (κ1) is 18.5. The number of aromatic nitrogens is 2. The minimum Gasteiger partial charge on any atom is -0.493 e. The molecule has 27 heavy (non-hydrogen) atoms. The van der Waals surface area contributed by atoms with E-state index in [4.69, 9.17) is 21.1 Å². The van der Waals surface area contributed by atoms with Crippen LogP contribution in [0.5, 0.6) is 11.5 Å². The summed E-state index contributed by atoms with van der Waals surface area (Å²) < 4.78 is 11.2. The second kappa shape index (κ2) is 8.86. The van der Waals surface area contributed by atoms with E-state index in [0.29, 0.717) is 23.8 Å². The highest BCUT2D eigenvalue weighted by Crippen LogP contribution is 2.28. The number of hydrazone groups is 1. The molecule has 0 spiro atoms. The lowest BCUT2D eigenvalue weighted by Gasteiger charge is -2.11. The molecular formula is C19H17ClN4O3. The molecule has 0 fully saturated rings. The van der Waals surface area contributed by atoms with Gasteiger partial charge in [0.15, 0.2) is 11.5 Å². The van der Waals surface area contributed by atoms with Crippen LogP contribution in [0.25, 0.3) is 0 Å². The molecule has 7 nitrogen and oxygen atoms in total. The fourth-order valence-corrected chi connectivity index (χ4v) is 2.39. The van der Waals surface area contributed by atoms with Gasteiger partial charge in [0.2, 0.25) is 0 Å². The smallest absolute Gasteiger partial charge is 0.285 e. The third-order valence-corrected chi connectivity index (χ3v) is 3.99. The summed E-state index contributed by atoms with van der Waals surface area (Å²) >= 11 is 5.88. The Bertz CT molecular complexity index is 990. The Kier molecular flexibility index (Phi) is 6.06. The number of hydrogen-bond acceptors (Lipinski definition) is 6. The van der Waals surface area contributed by atoms with Crippen LogP contribution < -0.4 is 20.5 Å². The number of nitrogens with zero attached hydrogens (tertiary/aromatic N) is 2. The number of halogens is 1. The zero-order valence-corrected chi connectivity index (χ0v) is 15.2. The fourth-order valence-electron chi connectivity index (χ4n) is 2.26. The van der Waals surface area contributed by atoms with Gasteiger partial charge in [-0.25, -0.2) is 5.10 Å². The van der Waals surface area contributed by atoms with Crippen molar-refractivity contribution < 1.29 is 9.47 Å². The molecule has 2 aromatic carbocycles. The Morgan fingerprint density at radius 3 is 2.81 bits per heavy atom. The Hall–Kier alpha value is -3.32. The Labute approximate surface area is 160 Å². The summed E-state index contributed by atoms with van der Waals surface area (Å²) in [6.45, 7) is 0.421. The van der Waals surface area contributed by atoms with E-state index in [1.165, 1.54) is 6.20 Å². The van der Waals surface area contributed by atoms with Crippen LogP contribution in [-0.2, 0) is 6.61 Å². The highest BCUT2D eigenvalue weighted by Gasteiger charge is 2.06. The van der Waals surface area contributed by atoms with Crippen molar-refractivity contribution in [3.63, 3.8) is 0 Å². The summed E-state index contributed by atoms with van der Waals surface area (Å²) in [4.78, 5) is 11.4. The number of H-pyrrole nitrogens is 1. The first-order valence-electron chi connectivity index (χ1n) is 8.04. The average molecular weight is 385 g/mol. The molecule has 8 heteroatoms. The van der Waals surface area contributed by atoms with Crippen LogP contribution in [0.2, 0.25) is 5.02 Å². The van der Waals surface area contributed by atoms with Crippen molar-refractivity contribution in [2.75, 3.05) is 12.5 Å². The molecule has 0 unspecified atom stereocenters. The van der Waals surface area contributed by atoms with Crippen molar-refractivity contribution in [2.24, 2.45) is 5.10 Å². The first-order valence-corrected chi connectivity index (χ1v) is 8.42. The fraction of sp³-hybridized carbons (Fsp3) is 0.105. The van der Waals surface area contributed by atoms with Crippen LogP contribution in [0, 0.1) is 0 Å². The molecule has 0 aliphatic carbocycles. The van der Waals surface area contributed by atoms with Crippen LogP contribution in [-0.4, -0.2) is 23.5 Å². The predicted octanol–water partition coefficient (Wildman–Crippen LogP) is 3.46. The highest BCUT2D eigenvalue weighted by atomic mass is 35.5. The van der Waals surface area contributed by atoms with Gasteiger partial charge in [0.05, 0.1) is 19.5 Å². The molecule has 0 amide bonds. The van der Waals surface area contributed by atoms with E-state index in [1.54, 1.807) is 19.4 Å². The summed E-state index contributed by atoms with van der Waals surface area (Å²) in [7, 11) is 1.59. The highest BCUT2D eigenvalue weighted by molar-refractivity contribution is 6.32. The van der Waals surface area contributed by atoms with E-state index in [-0.39, 0.29) is 5.02 Å². The molecule has 0 atom stereocenters. The number of nitrogens with one attached hydrogen (secondary N) is 2. The summed E-state index contributed by atoms with van der Waals surface area (Å²) in [6, 6.07) is 15.3. The molecule has 0 aliphatic heterocycles. The van der Waals surface area contributed by atoms with Crippen LogP contribution in [0.1, 0.15) is 11.1 Å². The van der Waals surface area contributed by atoms with Crippen LogP contribution in [0.15, 0.2) is 64.6 Å². The Balaban J connectivity index is 1.72. The van der Waals surface area contributed by atoms with Gasteiger partial charge in [-0.15, -0.1) is 0 Å². The molecule has 0 saturated heterocycles. The lowest BCUT2D eigenvalue weighted by Crippen LogP contribution is -2.10. The minimum atomic E-state index is -0.488. The van der Waals surface area contributed by atoms with Gasteiger partial charge in [-0.3, -0.25) is 10.2 Å². The summed E-state index contributed by atoms with van der Waals surface area (Å²) in [5.41, 5.74) is 4.34. The maximum absolute atomic E-state index is 11.4. The van der Waals surface area contributed by atoms with Crippen molar-refractivity contribution in [3.05, 3.63) is 81.2 Å². The molecule has 2 N–H and O–H groups in total. The number of anilines is 1. The van der Waals surface area contributed by atoms with Crippen molar-refractivity contribution in [1.29, 1.82) is 0 Å². The molecule has 1 heterocycles. The van der Waals surface area contributed by atoms with E-state index in [1.807, 2.05) is 42.5 Å². The monoisotopic (exact) mass is 384 g/mol. The van der Waals surface area contributed by atoms with Crippen LogP contribution in [0.4, 0.5) is 5.69 Å². The minimum absolute atomic E-state index is 0.0104. The summed E-state index contributed by atoms with van der Waals surface area (Å²) in [5, 5.41) is 9.97. The lowest BCUT2D eigenvalue weighted by molar-refractivity contribution is 0.284. The number of hydrogen-bond donors (Lipinski definition) is 2. The van der Waals surface area contributed by atoms with E-state index in [0.717, 1.165) is 11.1 Å². The predicted molar refractivity (Wildman–Crippen MR) is 105 cm³/mol. The van der Waals surface area contributed by atoms with Crippen molar-refractivity contribution in [3.8, 4) is 11.5 Å². The molecule has 0 bridgehead atoms. The Morgan fingerprint density at radius 1 is 1.22 bits per heavy atom.